The van der Waals surface area contributed by atoms with Crippen LogP contribution in [0.25, 0.3) is 0 Å². The number of anilines is 1. The van der Waals surface area contributed by atoms with Gasteiger partial charge < -0.3 is 10.2 Å². The number of carbonyl (C=O) groups is 1. The van der Waals surface area contributed by atoms with Gasteiger partial charge in [0, 0.05) is 43.9 Å². The molecule has 24 heavy (non-hydrogen) atoms. The molecule has 0 unspecified atom stereocenters. The second-order valence-electron chi connectivity index (χ2n) is 6.76. The van der Waals surface area contributed by atoms with E-state index in [-0.39, 0.29) is 11.3 Å². The zero-order valence-electron chi connectivity index (χ0n) is 14.2. The summed E-state index contributed by atoms with van der Waals surface area (Å²) >= 11 is 0. The fourth-order valence-electron chi connectivity index (χ4n) is 3.38. The van der Waals surface area contributed by atoms with Crippen LogP contribution in [-0.2, 0) is 10.2 Å². The fraction of sp³-hybridized carbons (Fsp3) is 0.400. The summed E-state index contributed by atoms with van der Waals surface area (Å²) in [5, 5.41) is 3.35. The van der Waals surface area contributed by atoms with E-state index in [4.69, 9.17) is 0 Å². The maximum absolute atomic E-state index is 12.3. The van der Waals surface area contributed by atoms with E-state index < -0.39 is 0 Å². The number of likely N-dealkylation sites (tertiary alicyclic amines) is 1. The van der Waals surface area contributed by atoms with Crippen molar-refractivity contribution in [1.29, 1.82) is 0 Å². The third kappa shape index (κ3) is 3.94. The second-order valence-corrected chi connectivity index (χ2v) is 6.76. The average molecular weight is 323 g/mol. The summed E-state index contributed by atoms with van der Waals surface area (Å²) in [6.45, 7) is 4.73. The number of benzene rings is 1. The summed E-state index contributed by atoms with van der Waals surface area (Å²) in [4.78, 5) is 18.4. The first-order chi connectivity index (χ1) is 11.7. The van der Waals surface area contributed by atoms with Crippen LogP contribution < -0.4 is 5.32 Å². The summed E-state index contributed by atoms with van der Waals surface area (Å²) in [6, 6.07) is 14.5. The van der Waals surface area contributed by atoms with Crippen molar-refractivity contribution in [3.63, 3.8) is 0 Å². The first kappa shape index (κ1) is 16.5. The van der Waals surface area contributed by atoms with Crippen LogP contribution in [0.4, 0.5) is 5.69 Å². The molecule has 0 aliphatic carbocycles. The molecule has 1 fully saturated rings. The summed E-state index contributed by atoms with van der Waals surface area (Å²) in [5.74, 6) is 0.282. The first-order valence-corrected chi connectivity index (χ1v) is 8.65. The SMILES string of the molecule is C[C@@]1(c2ccccc2)CCC(=O)N(CCCNc2cccnc2)C1. The number of carbonyl (C=O) groups excluding carboxylic acids is 1. The lowest BCUT2D eigenvalue weighted by Gasteiger charge is -2.40. The Bertz CT molecular complexity index is 659. The maximum atomic E-state index is 12.3. The quantitative estimate of drug-likeness (QED) is 0.828. The summed E-state index contributed by atoms with van der Waals surface area (Å²) in [5.41, 5.74) is 2.42. The van der Waals surface area contributed by atoms with Crippen LogP contribution in [0.2, 0.25) is 0 Å². The van der Waals surface area contributed by atoms with Gasteiger partial charge in [-0.25, -0.2) is 0 Å². The lowest BCUT2D eigenvalue weighted by atomic mass is 9.75. The minimum Gasteiger partial charge on any atom is -0.384 e. The van der Waals surface area contributed by atoms with Gasteiger partial charge in [0.25, 0.3) is 0 Å². The fourth-order valence-corrected chi connectivity index (χ4v) is 3.38. The molecule has 2 heterocycles. The van der Waals surface area contributed by atoms with E-state index in [0.717, 1.165) is 38.2 Å². The number of pyridine rings is 1. The molecule has 4 heteroatoms. The van der Waals surface area contributed by atoms with Crippen molar-refractivity contribution in [3.05, 3.63) is 60.4 Å². The van der Waals surface area contributed by atoms with Gasteiger partial charge in [-0.05, 0) is 30.5 Å². The topological polar surface area (TPSA) is 45.2 Å². The van der Waals surface area contributed by atoms with Gasteiger partial charge in [-0.3, -0.25) is 9.78 Å². The first-order valence-electron chi connectivity index (χ1n) is 8.65. The van der Waals surface area contributed by atoms with Gasteiger partial charge in [0.05, 0.1) is 5.69 Å². The van der Waals surface area contributed by atoms with E-state index in [1.807, 2.05) is 29.3 Å². The summed E-state index contributed by atoms with van der Waals surface area (Å²) in [7, 11) is 0. The molecule has 1 aliphatic heterocycles. The number of aromatic nitrogens is 1. The lowest BCUT2D eigenvalue weighted by molar-refractivity contribution is -0.135. The van der Waals surface area contributed by atoms with Crippen LogP contribution in [0.15, 0.2) is 54.9 Å². The van der Waals surface area contributed by atoms with Crippen LogP contribution in [0.1, 0.15) is 31.7 Å². The third-order valence-corrected chi connectivity index (χ3v) is 4.85. The van der Waals surface area contributed by atoms with Gasteiger partial charge in [-0.2, -0.15) is 0 Å². The molecule has 0 radical (unpaired) electrons. The number of nitrogens with one attached hydrogen (secondary N) is 1. The van der Waals surface area contributed by atoms with Crippen LogP contribution in [0.5, 0.6) is 0 Å². The minimum absolute atomic E-state index is 0.0615. The van der Waals surface area contributed by atoms with Crippen molar-refractivity contribution in [2.24, 2.45) is 0 Å². The molecule has 4 nitrogen and oxygen atoms in total. The number of nitrogens with zero attached hydrogens (tertiary/aromatic N) is 2. The predicted molar refractivity (Wildman–Crippen MR) is 97.0 cm³/mol. The smallest absolute Gasteiger partial charge is 0.222 e. The van der Waals surface area contributed by atoms with Crippen molar-refractivity contribution >= 4 is 11.6 Å². The Labute approximate surface area is 143 Å². The van der Waals surface area contributed by atoms with Gasteiger partial charge in [0.2, 0.25) is 5.91 Å². The van der Waals surface area contributed by atoms with Gasteiger partial charge in [-0.15, -0.1) is 0 Å². The monoisotopic (exact) mass is 323 g/mol. The van der Waals surface area contributed by atoms with Crippen molar-refractivity contribution in [2.75, 3.05) is 25.0 Å². The maximum Gasteiger partial charge on any atom is 0.222 e. The van der Waals surface area contributed by atoms with E-state index in [1.54, 1.807) is 6.20 Å². The average Bonchev–Trinajstić information content (AvgIpc) is 2.63. The number of rotatable bonds is 6. The van der Waals surface area contributed by atoms with Gasteiger partial charge in [0.1, 0.15) is 0 Å². The van der Waals surface area contributed by atoms with E-state index in [2.05, 4.69) is 41.5 Å². The lowest BCUT2D eigenvalue weighted by Crippen LogP contribution is -2.48. The van der Waals surface area contributed by atoms with Crippen LogP contribution in [-0.4, -0.2) is 35.4 Å². The van der Waals surface area contributed by atoms with Crippen LogP contribution in [0, 0.1) is 0 Å². The molecule has 1 atom stereocenters. The molecule has 1 N–H and O–H groups in total. The zero-order valence-corrected chi connectivity index (χ0v) is 14.2. The summed E-state index contributed by atoms with van der Waals surface area (Å²) < 4.78 is 0. The van der Waals surface area contributed by atoms with E-state index >= 15 is 0 Å². The number of amides is 1. The van der Waals surface area contributed by atoms with E-state index in [1.165, 1.54) is 5.56 Å². The Kier molecular flexibility index (Phi) is 5.14. The highest BCUT2D eigenvalue weighted by atomic mass is 16.2. The highest BCUT2D eigenvalue weighted by molar-refractivity contribution is 5.77. The van der Waals surface area contributed by atoms with Crippen LogP contribution in [0.3, 0.4) is 0 Å². The molecule has 126 valence electrons. The van der Waals surface area contributed by atoms with Crippen molar-refractivity contribution in [3.8, 4) is 0 Å². The molecule has 3 rings (SSSR count). The molecular formula is C20H25N3O. The van der Waals surface area contributed by atoms with Gasteiger partial charge in [-0.1, -0.05) is 37.3 Å². The predicted octanol–water partition coefficient (Wildman–Crippen LogP) is 3.46. The third-order valence-electron chi connectivity index (χ3n) is 4.85. The minimum atomic E-state index is 0.0615. The Hall–Kier alpha value is -2.36. The zero-order chi connectivity index (χ0) is 16.8. The van der Waals surface area contributed by atoms with E-state index in [9.17, 15) is 4.79 Å². The van der Waals surface area contributed by atoms with Crippen molar-refractivity contribution in [2.45, 2.75) is 31.6 Å². The van der Waals surface area contributed by atoms with Crippen LogP contribution >= 0.6 is 0 Å². The molecule has 1 aromatic heterocycles. The Balaban J connectivity index is 1.54. The Morgan fingerprint density at radius 3 is 2.79 bits per heavy atom. The normalized spacial score (nSPS) is 20.9. The molecule has 0 saturated carbocycles. The summed E-state index contributed by atoms with van der Waals surface area (Å²) in [6.07, 6.45) is 6.09. The Morgan fingerprint density at radius 2 is 2.04 bits per heavy atom. The second kappa shape index (κ2) is 7.47. The molecular weight excluding hydrogens is 298 g/mol. The molecule has 1 aliphatic rings. The highest BCUT2D eigenvalue weighted by Gasteiger charge is 2.35. The highest BCUT2D eigenvalue weighted by Crippen LogP contribution is 2.34. The molecule has 0 spiro atoms. The standard InChI is InChI=1S/C20H25N3O/c1-20(17-7-3-2-4-8-17)11-10-19(24)23(16-20)14-6-13-22-18-9-5-12-21-15-18/h2-5,7-9,12,15,22H,6,10-11,13-14,16H2,1H3/t20-/m1/s1. The van der Waals surface area contributed by atoms with Crippen molar-refractivity contribution < 1.29 is 4.79 Å². The molecule has 1 amide bonds. The molecule has 2 aromatic rings. The molecule has 1 aromatic carbocycles. The van der Waals surface area contributed by atoms with E-state index in [0.29, 0.717) is 6.42 Å². The number of hydrogen-bond acceptors (Lipinski definition) is 3. The molecule has 1 saturated heterocycles. The number of piperidine rings is 1. The number of hydrogen-bond donors (Lipinski definition) is 1. The Morgan fingerprint density at radius 1 is 1.21 bits per heavy atom. The van der Waals surface area contributed by atoms with Gasteiger partial charge >= 0.3 is 0 Å². The largest absolute Gasteiger partial charge is 0.384 e. The molecule has 0 bridgehead atoms. The van der Waals surface area contributed by atoms with Gasteiger partial charge in [0.15, 0.2) is 0 Å². The van der Waals surface area contributed by atoms with Crippen molar-refractivity contribution in [1.82, 2.24) is 9.88 Å².